The van der Waals surface area contributed by atoms with Crippen LogP contribution >= 0.6 is 0 Å². The van der Waals surface area contributed by atoms with Gasteiger partial charge in [-0.3, -0.25) is 9.59 Å². The summed E-state index contributed by atoms with van der Waals surface area (Å²) in [7, 11) is 1.63. The van der Waals surface area contributed by atoms with Gasteiger partial charge in [-0.05, 0) is 24.8 Å². The number of benzene rings is 1. The van der Waals surface area contributed by atoms with E-state index < -0.39 is 0 Å². The molecule has 1 heterocycles. The zero-order chi connectivity index (χ0) is 18.4. The molecule has 5 heteroatoms. The first-order chi connectivity index (χ1) is 11.9. The van der Waals surface area contributed by atoms with Gasteiger partial charge in [-0.2, -0.15) is 0 Å². The minimum absolute atomic E-state index is 0.0363. The third-order valence-electron chi connectivity index (χ3n) is 4.68. The van der Waals surface area contributed by atoms with Crippen LogP contribution < -0.4 is 5.32 Å². The van der Waals surface area contributed by atoms with Crippen molar-refractivity contribution in [3.8, 4) is 0 Å². The molecule has 2 rings (SSSR count). The normalized spacial score (nSPS) is 20.8. The smallest absolute Gasteiger partial charge is 0.225 e. The topological polar surface area (TPSA) is 58.6 Å². The van der Waals surface area contributed by atoms with E-state index in [1.165, 1.54) is 0 Å². The molecule has 0 aliphatic carbocycles. The number of hydrogen-bond donors (Lipinski definition) is 1. The van der Waals surface area contributed by atoms with E-state index in [9.17, 15) is 9.59 Å². The maximum absolute atomic E-state index is 12.8. The minimum Gasteiger partial charge on any atom is -0.383 e. The highest BCUT2D eigenvalue weighted by Crippen LogP contribution is 2.37. The number of ether oxygens (including phenoxy) is 1. The van der Waals surface area contributed by atoms with E-state index in [4.69, 9.17) is 4.74 Å². The van der Waals surface area contributed by atoms with Crippen LogP contribution in [0.5, 0.6) is 0 Å². The molecule has 0 spiro atoms. The van der Waals surface area contributed by atoms with Crippen molar-refractivity contribution in [2.45, 2.75) is 39.7 Å². The quantitative estimate of drug-likeness (QED) is 0.826. The van der Waals surface area contributed by atoms with Gasteiger partial charge in [-0.15, -0.1) is 0 Å². The Hall–Kier alpha value is -1.88. The molecule has 2 atom stereocenters. The summed E-state index contributed by atoms with van der Waals surface area (Å²) in [6, 6.07) is 7.89. The van der Waals surface area contributed by atoms with Gasteiger partial charge < -0.3 is 15.0 Å². The summed E-state index contributed by atoms with van der Waals surface area (Å²) in [5.74, 6) is 0.303. The lowest BCUT2D eigenvalue weighted by Crippen LogP contribution is -2.49. The molecule has 0 bridgehead atoms. The summed E-state index contributed by atoms with van der Waals surface area (Å²) in [4.78, 5) is 27.1. The van der Waals surface area contributed by atoms with Crippen LogP contribution in [0.1, 0.15) is 43.9 Å². The molecule has 5 nitrogen and oxygen atoms in total. The number of aryl methyl sites for hydroxylation is 1. The van der Waals surface area contributed by atoms with E-state index in [1.807, 2.05) is 36.1 Å². The predicted molar refractivity (Wildman–Crippen MR) is 98.1 cm³/mol. The SMILES string of the molecule is COCCN1C(=O)CCC(C(=O)NCC(C)C)C1c1ccc(C)cc1. The maximum atomic E-state index is 12.8. The Morgan fingerprint density at radius 2 is 2.00 bits per heavy atom. The Bertz CT molecular complexity index is 583. The van der Waals surface area contributed by atoms with Gasteiger partial charge in [0, 0.05) is 26.6 Å². The summed E-state index contributed by atoms with van der Waals surface area (Å²) < 4.78 is 5.18. The average Bonchev–Trinajstić information content (AvgIpc) is 2.59. The Labute approximate surface area is 150 Å². The molecule has 0 saturated carbocycles. The van der Waals surface area contributed by atoms with Gasteiger partial charge in [0.05, 0.1) is 18.6 Å². The van der Waals surface area contributed by atoms with Gasteiger partial charge in [0.2, 0.25) is 11.8 Å². The highest BCUT2D eigenvalue weighted by Gasteiger charge is 2.40. The zero-order valence-corrected chi connectivity index (χ0v) is 15.7. The second-order valence-electron chi connectivity index (χ2n) is 7.22. The standard InChI is InChI=1S/C20H30N2O3/c1-14(2)13-21-20(24)17-9-10-18(23)22(11-12-25-4)19(17)16-7-5-15(3)6-8-16/h5-8,14,17,19H,9-13H2,1-4H3,(H,21,24). The summed E-state index contributed by atoms with van der Waals surface area (Å²) >= 11 is 0. The molecule has 25 heavy (non-hydrogen) atoms. The summed E-state index contributed by atoms with van der Waals surface area (Å²) in [5, 5.41) is 3.05. The largest absolute Gasteiger partial charge is 0.383 e. The number of nitrogens with one attached hydrogen (secondary N) is 1. The fourth-order valence-electron chi connectivity index (χ4n) is 3.29. The van der Waals surface area contributed by atoms with Crippen molar-refractivity contribution in [3.63, 3.8) is 0 Å². The number of carbonyl (C=O) groups excluding carboxylic acids is 2. The van der Waals surface area contributed by atoms with Gasteiger partial charge >= 0.3 is 0 Å². The average molecular weight is 346 g/mol. The van der Waals surface area contributed by atoms with Crippen molar-refractivity contribution >= 4 is 11.8 Å². The van der Waals surface area contributed by atoms with Gasteiger partial charge in [0.1, 0.15) is 0 Å². The third kappa shape index (κ3) is 5.05. The van der Waals surface area contributed by atoms with Crippen LogP contribution in [0.3, 0.4) is 0 Å². The number of rotatable bonds is 7. The molecule has 2 amide bonds. The number of carbonyl (C=O) groups is 2. The van der Waals surface area contributed by atoms with E-state index in [0.29, 0.717) is 38.5 Å². The molecule has 1 N–H and O–H groups in total. The van der Waals surface area contributed by atoms with Crippen molar-refractivity contribution in [3.05, 3.63) is 35.4 Å². The van der Waals surface area contributed by atoms with Gasteiger partial charge in [0.15, 0.2) is 0 Å². The Morgan fingerprint density at radius 1 is 1.32 bits per heavy atom. The fraction of sp³-hybridized carbons (Fsp3) is 0.600. The van der Waals surface area contributed by atoms with Gasteiger partial charge in [-0.25, -0.2) is 0 Å². The lowest BCUT2D eigenvalue weighted by atomic mass is 9.83. The van der Waals surface area contributed by atoms with Crippen molar-refractivity contribution in [2.24, 2.45) is 11.8 Å². The highest BCUT2D eigenvalue weighted by atomic mass is 16.5. The van der Waals surface area contributed by atoms with Gasteiger partial charge in [0.25, 0.3) is 0 Å². The van der Waals surface area contributed by atoms with Gasteiger partial charge in [-0.1, -0.05) is 43.7 Å². The highest BCUT2D eigenvalue weighted by molar-refractivity contribution is 5.85. The predicted octanol–water partition coefficient (Wildman–Crippen LogP) is 2.69. The van der Waals surface area contributed by atoms with Crippen LogP contribution in [0.25, 0.3) is 0 Å². The molecule has 1 saturated heterocycles. The van der Waals surface area contributed by atoms with E-state index in [2.05, 4.69) is 19.2 Å². The van der Waals surface area contributed by atoms with Crippen LogP contribution in [-0.4, -0.2) is 43.5 Å². The van der Waals surface area contributed by atoms with Crippen LogP contribution in [0, 0.1) is 18.8 Å². The van der Waals surface area contributed by atoms with Crippen molar-refractivity contribution in [1.82, 2.24) is 10.2 Å². The first kappa shape index (κ1) is 19.4. The fourth-order valence-corrected chi connectivity index (χ4v) is 3.29. The Kier molecular flexibility index (Phi) is 7.00. The minimum atomic E-state index is -0.232. The molecule has 2 unspecified atom stereocenters. The van der Waals surface area contributed by atoms with Crippen molar-refractivity contribution < 1.29 is 14.3 Å². The number of methoxy groups -OCH3 is 1. The first-order valence-corrected chi connectivity index (χ1v) is 9.06. The van der Waals surface area contributed by atoms with Crippen molar-refractivity contribution in [2.75, 3.05) is 26.8 Å². The zero-order valence-electron chi connectivity index (χ0n) is 15.7. The van der Waals surface area contributed by atoms with E-state index in [1.54, 1.807) is 7.11 Å². The Balaban J connectivity index is 2.29. The molecule has 1 aliphatic heterocycles. The van der Waals surface area contributed by atoms with E-state index in [0.717, 1.165) is 11.1 Å². The number of amides is 2. The summed E-state index contributed by atoms with van der Waals surface area (Å²) in [5.41, 5.74) is 2.18. The second kappa shape index (κ2) is 8.99. The van der Waals surface area contributed by atoms with Crippen LogP contribution in [0.2, 0.25) is 0 Å². The second-order valence-corrected chi connectivity index (χ2v) is 7.22. The maximum Gasteiger partial charge on any atom is 0.225 e. The molecule has 1 fully saturated rings. The molecule has 1 aromatic rings. The first-order valence-electron chi connectivity index (χ1n) is 9.06. The van der Waals surface area contributed by atoms with Crippen LogP contribution in [0.15, 0.2) is 24.3 Å². The molecule has 1 aromatic carbocycles. The molecule has 0 aromatic heterocycles. The lowest BCUT2D eigenvalue weighted by Gasteiger charge is -2.41. The van der Waals surface area contributed by atoms with Crippen molar-refractivity contribution in [1.29, 1.82) is 0 Å². The number of piperidine rings is 1. The molecule has 138 valence electrons. The summed E-state index contributed by atoms with van der Waals surface area (Å²) in [6.45, 7) is 7.81. The lowest BCUT2D eigenvalue weighted by molar-refractivity contribution is -0.144. The monoisotopic (exact) mass is 346 g/mol. The van der Waals surface area contributed by atoms with Crippen LogP contribution in [0.4, 0.5) is 0 Å². The molecular weight excluding hydrogens is 316 g/mol. The summed E-state index contributed by atoms with van der Waals surface area (Å²) in [6.07, 6.45) is 0.997. The number of nitrogens with zero attached hydrogens (tertiary/aromatic N) is 1. The molecule has 1 aliphatic rings. The van der Waals surface area contributed by atoms with E-state index in [-0.39, 0.29) is 23.8 Å². The number of hydrogen-bond acceptors (Lipinski definition) is 3. The van der Waals surface area contributed by atoms with Crippen LogP contribution in [-0.2, 0) is 14.3 Å². The van der Waals surface area contributed by atoms with E-state index >= 15 is 0 Å². The third-order valence-corrected chi connectivity index (χ3v) is 4.68. The number of likely N-dealkylation sites (tertiary alicyclic amines) is 1. The molecular formula is C20H30N2O3. The molecule has 0 radical (unpaired) electrons. The Morgan fingerprint density at radius 3 is 2.60 bits per heavy atom.